The van der Waals surface area contributed by atoms with Crippen molar-refractivity contribution >= 4 is 17.7 Å². The van der Waals surface area contributed by atoms with Gasteiger partial charge in [-0.1, -0.05) is 56.7 Å². The van der Waals surface area contributed by atoms with Crippen LogP contribution in [0.15, 0.2) is 52.2 Å². The molecule has 1 amide bonds. The quantitative estimate of drug-likeness (QED) is 0.572. The fourth-order valence-electron chi connectivity index (χ4n) is 4.13. The second-order valence-electron chi connectivity index (χ2n) is 8.10. The summed E-state index contributed by atoms with van der Waals surface area (Å²) in [6, 6.07) is 12.1. The van der Waals surface area contributed by atoms with E-state index in [0.29, 0.717) is 28.6 Å². The third kappa shape index (κ3) is 4.31. The Kier molecular flexibility index (Phi) is 6.27. The molecule has 0 bridgehead atoms. The Morgan fingerprint density at radius 1 is 1.20 bits per heavy atom. The second kappa shape index (κ2) is 9.08. The summed E-state index contributed by atoms with van der Waals surface area (Å²) < 4.78 is 7.46. The van der Waals surface area contributed by atoms with Gasteiger partial charge in [0.1, 0.15) is 5.76 Å². The number of benzene rings is 1. The molecule has 7 heteroatoms. The number of aryl methyl sites for hydroxylation is 1. The predicted molar refractivity (Wildman–Crippen MR) is 119 cm³/mol. The number of amides is 1. The van der Waals surface area contributed by atoms with Gasteiger partial charge in [-0.3, -0.25) is 9.36 Å². The van der Waals surface area contributed by atoms with E-state index in [0.717, 1.165) is 23.4 Å². The maximum atomic E-state index is 12.7. The normalized spacial score (nSPS) is 21.5. The molecule has 1 aliphatic carbocycles. The molecular weight excluding hydrogens is 396 g/mol. The van der Waals surface area contributed by atoms with Gasteiger partial charge in [0.05, 0.1) is 17.6 Å². The average Bonchev–Trinajstić information content (AvgIpc) is 3.36. The first-order chi connectivity index (χ1) is 14.5. The van der Waals surface area contributed by atoms with Gasteiger partial charge in [-0.15, -0.1) is 10.2 Å². The van der Waals surface area contributed by atoms with Crippen LogP contribution in [0.25, 0.3) is 17.1 Å². The van der Waals surface area contributed by atoms with Crippen LogP contribution >= 0.6 is 11.8 Å². The third-order valence-electron chi connectivity index (χ3n) is 6.13. The van der Waals surface area contributed by atoms with Gasteiger partial charge in [0, 0.05) is 11.7 Å². The second-order valence-corrected chi connectivity index (χ2v) is 9.04. The number of aromatic nitrogens is 3. The van der Waals surface area contributed by atoms with Crippen molar-refractivity contribution in [1.82, 2.24) is 20.1 Å². The summed E-state index contributed by atoms with van der Waals surface area (Å²) in [6.07, 6.45) is 5.14. The fraction of sp³-hybridized carbons (Fsp3) is 0.435. The van der Waals surface area contributed by atoms with Gasteiger partial charge in [0.2, 0.25) is 5.91 Å². The SMILES string of the molecule is Cc1occc1-c1nnc(SCC(=O)NC2CCCC(C)C2C)n1-c1ccccc1. The highest BCUT2D eigenvalue weighted by atomic mass is 32.2. The molecule has 0 aliphatic heterocycles. The molecule has 3 aromatic rings. The van der Waals surface area contributed by atoms with E-state index in [1.165, 1.54) is 24.6 Å². The van der Waals surface area contributed by atoms with Crippen LogP contribution in [-0.4, -0.2) is 32.5 Å². The molecule has 0 radical (unpaired) electrons. The van der Waals surface area contributed by atoms with Crippen molar-refractivity contribution in [2.45, 2.75) is 51.2 Å². The molecule has 1 aromatic carbocycles. The number of carbonyl (C=O) groups is 1. The molecule has 0 spiro atoms. The van der Waals surface area contributed by atoms with Crippen molar-refractivity contribution in [3.63, 3.8) is 0 Å². The Labute approximate surface area is 181 Å². The topological polar surface area (TPSA) is 72.9 Å². The molecule has 1 saturated carbocycles. The van der Waals surface area contributed by atoms with Crippen molar-refractivity contribution in [3.8, 4) is 17.1 Å². The summed E-state index contributed by atoms with van der Waals surface area (Å²) in [7, 11) is 0. The number of furan rings is 1. The van der Waals surface area contributed by atoms with Gasteiger partial charge in [0.25, 0.3) is 0 Å². The molecule has 158 valence electrons. The lowest BCUT2D eigenvalue weighted by molar-refractivity contribution is -0.120. The van der Waals surface area contributed by atoms with Crippen LogP contribution in [-0.2, 0) is 4.79 Å². The van der Waals surface area contributed by atoms with Crippen LogP contribution in [0.1, 0.15) is 38.9 Å². The van der Waals surface area contributed by atoms with Crippen LogP contribution < -0.4 is 5.32 Å². The first kappa shape index (κ1) is 20.7. The molecule has 3 unspecified atom stereocenters. The zero-order valence-corrected chi connectivity index (χ0v) is 18.5. The van der Waals surface area contributed by atoms with Crippen LogP contribution in [0.5, 0.6) is 0 Å². The van der Waals surface area contributed by atoms with E-state index in [9.17, 15) is 4.79 Å². The summed E-state index contributed by atoms with van der Waals surface area (Å²) in [6.45, 7) is 6.43. The minimum Gasteiger partial charge on any atom is -0.469 e. The smallest absolute Gasteiger partial charge is 0.230 e. The Balaban J connectivity index is 1.52. The van der Waals surface area contributed by atoms with Crippen LogP contribution in [0, 0.1) is 18.8 Å². The van der Waals surface area contributed by atoms with Crippen molar-refractivity contribution in [2.75, 3.05) is 5.75 Å². The number of thioether (sulfide) groups is 1. The highest BCUT2D eigenvalue weighted by molar-refractivity contribution is 7.99. The van der Waals surface area contributed by atoms with Crippen LogP contribution in [0.3, 0.4) is 0 Å². The molecule has 30 heavy (non-hydrogen) atoms. The van der Waals surface area contributed by atoms with Crippen molar-refractivity contribution in [1.29, 1.82) is 0 Å². The van der Waals surface area contributed by atoms with Crippen LogP contribution in [0.4, 0.5) is 0 Å². The average molecular weight is 425 g/mol. The standard InChI is InChI=1S/C23H28N4O2S/c1-15-8-7-11-20(16(15)2)24-21(28)14-30-23-26-25-22(19-12-13-29-17(19)3)27(23)18-9-5-4-6-10-18/h4-6,9-10,12-13,15-16,20H,7-8,11,14H2,1-3H3,(H,24,28). The molecule has 1 fully saturated rings. The molecule has 1 aliphatic rings. The monoisotopic (exact) mass is 424 g/mol. The molecule has 3 atom stereocenters. The van der Waals surface area contributed by atoms with Gasteiger partial charge < -0.3 is 9.73 Å². The van der Waals surface area contributed by atoms with Gasteiger partial charge in [-0.25, -0.2) is 0 Å². The first-order valence-electron chi connectivity index (χ1n) is 10.5. The number of rotatable bonds is 6. The molecule has 2 aromatic heterocycles. The Bertz CT molecular complexity index is 998. The predicted octanol–water partition coefficient (Wildman–Crippen LogP) is 4.87. The van der Waals surface area contributed by atoms with E-state index in [1.807, 2.05) is 47.9 Å². The van der Waals surface area contributed by atoms with Gasteiger partial charge >= 0.3 is 0 Å². The van der Waals surface area contributed by atoms with Gasteiger partial charge in [-0.05, 0) is 43.4 Å². The Hall–Kier alpha value is -2.54. The summed E-state index contributed by atoms with van der Waals surface area (Å²) in [5.74, 6) is 3.02. The fourth-order valence-corrected chi connectivity index (χ4v) is 4.89. The zero-order valence-electron chi connectivity index (χ0n) is 17.7. The summed E-state index contributed by atoms with van der Waals surface area (Å²) in [5.41, 5.74) is 1.85. The number of nitrogens with one attached hydrogen (secondary N) is 1. The number of hydrogen-bond acceptors (Lipinski definition) is 5. The molecular formula is C23H28N4O2S. The lowest BCUT2D eigenvalue weighted by Gasteiger charge is -2.34. The van der Waals surface area contributed by atoms with E-state index in [4.69, 9.17) is 4.42 Å². The van der Waals surface area contributed by atoms with E-state index in [1.54, 1.807) is 6.26 Å². The highest BCUT2D eigenvalue weighted by Crippen LogP contribution is 2.31. The maximum absolute atomic E-state index is 12.7. The first-order valence-corrected chi connectivity index (χ1v) is 11.5. The Morgan fingerprint density at radius 3 is 2.73 bits per heavy atom. The molecule has 2 heterocycles. The van der Waals surface area contributed by atoms with Crippen molar-refractivity contribution in [3.05, 3.63) is 48.4 Å². The summed E-state index contributed by atoms with van der Waals surface area (Å²) in [4.78, 5) is 12.7. The summed E-state index contributed by atoms with van der Waals surface area (Å²) in [5, 5.41) is 12.7. The lowest BCUT2D eigenvalue weighted by Crippen LogP contribution is -2.44. The molecule has 6 nitrogen and oxygen atoms in total. The van der Waals surface area contributed by atoms with Gasteiger partial charge in [-0.2, -0.15) is 0 Å². The highest BCUT2D eigenvalue weighted by Gasteiger charge is 2.28. The van der Waals surface area contributed by atoms with Crippen LogP contribution in [0.2, 0.25) is 0 Å². The van der Waals surface area contributed by atoms with E-state index >= 15 is 0 Å². The van der Waals surface area contributed by atoms with Crippen molar-refractivity contribution in [2.24, 2.45) is 11.8 Å². The Morgan fingerprint density at radius 2 is 2.00 bits per heavy atom. The van der Waals surface area contributed by atoms with E-state index in [2.05, 4.69) is 29.4 Å². The molecule has 0 saturated heterocycles. The zero-order chi connectivity index (χ0) is 21.1. The maximum Gasteiger partial charge on any atom is 0.230 e. The molecule has 4 rings (SSSR count). The largest absolute Gasteiger partial charge is 0.469 e. The number of para-hydroxylation sites is 1. The number of hydrogen-bond donors (Lipinski definition) is 1. The third-order valence-corrected chi connectivity index (χ3v) is 7.06. The summed E-state index contributed by atoms with van der Waals surface area (Å²) >= 11 is 1.41. The number of nitrogens with zero attached hydrogens (tertiary/aromatic N) is 3. The number of carbonyl (C=O) groups excluding carboxylic acids is 1. The van der Waals surface area contributed by atoms with Gasteiger partial charge in [0.15, 0.2) is 11.0 Å². The minimum absolute atomic E-state index is 0.0506. The molecule has 1 N–H and O–H groups in total. The van der Waals surface area contributed by atoms with E-state index < -0.39 is 0 Å². The van der Waals surface area contributed by atoms with E-state index in [-0.39, 0.29) is 11.9 Å². The van der Waals surface area contributed by atoms with Crippen molar-refractivity contribution < 1.29 is 9.21 Å². The minimum atomic E-state index is 0.0506. The lowest BCUT2D eigenvalue weighted by atomic mass is 9.78.